The van der Waals surface area contributed by atoms with E-state index in [2.05, 4.69) is 23.9 Å². The van der Waals surface area contributed by atoms with Crippen LogP contribution in [0, 0.1) is 11.2 Å². The molecule has 1 unspecified atom stereocenters. The van der Waals surface area contributed by atoms with E-state index in [1.165, 1.54) is 36.5 Å². The fourth-order valence-corrected chi connectivity index (χ4v) is 5.89. The molecule has 3 aromatic carbocycles. The number of rotatable bonds is 10. The molecular weight excluding hydrogens is 546 g/mol. The van der Waals surface area contributed by atoms with Crippen LogP contribution >= 0.6 is 0 Å². The SMILES string of the molecule is CN(C)[C@H]1CCN(CCCn2cc(C(O)(c3ccc([NH2+]c4ccc(F)cc4)c(C=N)c3)C(F)(F)F)c3ccccc32)C1. The van der Waals surface area contributed by atoms with E-state index in [9.17, 15) is 22.7 Å². The summed E-state index contributed by atoms with van der Waals surface area (Å²) in [5.41, 5.74) is -2.00. The van der Waals surface area contributed by atoms with Crippen molar-refractivity contribution >= 4 is 28.5 Å². The molecule has 1 saturated heterocycles. The average Bonchev–Trinajstić information content (AvgIpc) is 3.59. The molecule has 2 heterocycles. The summed E-state index contributed by atoms with van der Waals surface area (Å²) in [5, 5.41) is 21.5. The number of likely N-dealkylation sites (tertiary alicyclic amines) is 1. The Labute approximate surface area is 242 Å². The van der Waals surface area contributed by atoms with Gasteiger partial charge in [-0.15, -0.1) is 0 Å². The number of halogens is 4. The van der Waals surface area contributed by atoms with Crippen molar-refractivity contribution in [1.82, 2.24) is 14.4 Å². The van der Waals surface area contributed by atoms with Crippen molar-refractivity contribution in [3.8, 4) is 0 Å². The van der Waals surface area contributed by atoms with Crippen molar-refractivity contribution in [2.45, 2.75) is 37.2 Å². The fraction of sp³-hybridized carbons (Fsp3) is 0.344. The Balaban J connectivity index is 1.47. The fourth-order valence-electron chi connectivity index (χ4n) is 5.89. The van der Waals surface area contributed by atoms with Crippen molar-refractivity contribution < 1.29 is 28.0 Å². The van der Waals surface area contributed by atoms with Crippen LogP contribution in [0.25, 0.3) is 10.9 Å². The smallest absolute Gasteiger partial charge is 0.372 e. The number of aryl methyl sites for hydroxylation is 1. The van der Waals surface area contributed by atoms with E-state index in [1.54, 1.807) is 46.3 Å². The van der Waals surface area contributed by atoms with Crippen molar-refractivity contribution in [3.05, 3.63) is 95.4 Å². The van der Waals surface area contributed by atoms with Gasteiger partial charge >= 0.3 is 6.18 Å². The first-order chi connectivity index (χ1) is 20.0. The van der Waals surface area contributed by atoms with Gasteiger partial charge in [0.25, 0.3) is 0 Å². The first-order valence-electron chi connectivity index (χ1n) is 14.0. The molecule has 0 spiro atoms. The molecule has 4 N–H and O–H groups in total. The van der Waals surface area contributed by atoms with Gasteiger partial charge in [0, 0.05) is 66.2 Å². The van der Waals surface area contributed by atoms with Crippen LogP contribution in [0.1, 0.15) is 29.5 Å². The first-order valence-corrected chi connectivity index (χ1v) is 14.0. The summed E-state index contributed by atoms with van der Waals surface area (Å²) in [5.74, 6) is -0.404. The summed E-state index contributed by atoms with van der Waals surface area (Å²) in [4.78, 5) is 4.60. The zero-order chi connectivity index (χ0) is 30.1. The second-order valence-corrected chi connectivity index (χ2v) is 11.2. The minimum Gasteiger partial charge on any atom is -0.372 e. The van der Waals surface area contributed by atoms with Crippen LogP contribution < -0.4 is 5.32 Å². The lowest BCUT2D eigenvalue weighted by atomic mass is 9.84. The van der Waals surface area contributed by atoms with Crippen LogP contribution in [-0.4, -0.2) is 71.6 Å². The molecule has 0 aliphatic carbocycles. The lowest BCUT2D eigenvalue weighted by molar-refractivity contribution is -0.478. The highest BCUT2D eigenvalue weighted by atomic mass is 19.4. The number of quaternary nitrogens is 1. The number of nitrogens with zero attached hydrogens (tertiary/aromatic N) is 3. The Morgan fingerprint density at radius 3 is 2.45 bits per heavy atom. The number of hydrogen-bond donors (Lipinski definition) is 3. The number of nitrogens with one attached hydrogen (secondary N) is 1. The monoisotopic (exact) mass is 582 g/mol. The van der Waals surface area contributed by atoms with E-state index >= 15 is 0 Å². The number of nitrogens with two attached hydrogens (primary N) is 1. The van der Waals surface area contributed by atoms with Crippen molar-refractivity contribution in [2.24, 2.45) is 0 Å². The standard InChI is InChI=1S/C32H35F4N5O/c1-39(2)26-14-17-40(20-26)15-5-16-41-21-28(27-6-3-4-7-30(27)41)31(42,32(34,35)36)23-8-13-29(22(18-23)19-37)38-25-11-9-24(33)10-12-25/h3-4,6-13,18-19,21,26,37-38,42H,5,14-17,20H2,1-2H3/p+1/t26-,31?/m0/s1. The summed E-state index contributed by atoms with van der Waals surface area (Å²) >= 11 is 0. The van der Waals surface area contributed by atoms with Gasteiger partial charge in [-0.05, 0) is 75.9 Å². The number of alkyl halides is 3. The molecule has 1 aliphatic rings. The normalized spacial score (nSPS) is 17.7. The lowest BCUT2D eigenvalue weighted by Crippen LogP contribution is -2.71. The highest BCUT2D eigenvalue weighted by Crippen LogP contribution is 2.47. The number of para-hydroxylation sites is 1. The summed E-state index contributed by atoms with van der Waals surface area (Å²) in [7, 11) is 4.15. The van der Waals surface area contributed by atoms with Crippen LogP contribution in [0.3, 0.4) is 0 Å². The molecule has 4 aromatic rings. The van der Waals surface area contributed by atoms with Crippen molar-refractivity contribution in [1.29, 1.82) is 5.41 Å². The van der Waals surface area contributed by atoms with Gasteiger partial charge in [0.1, 0.15) is 17.2 Å². The molecule has 1 aromatic heterocycles. The maximum atomic E-state index is 14.9. The average molecular weight is 583 g/mol. The first kappa shape index (κ1) is 29.9. The summed E-state index contributed by atoms with van der Waals surface area (Å²) in [6.45, 7) is 3.32. The highest BCUT2D eigenvalue weighted by molar-refractivity contribution is 5.87. The van der Waals surface area contributed by atoms with Gasteiger partial charge < -0.3 is 24.9 Å². The molecular formula is C32H36F4N5O+. The summed E-state index contributed by atoms with van der Waals surface area (Å²) in [6.07, 6.45) is -0.805. The van der Waals surface area contributed by atoms with Gasteiger partial charge in [-0.2, -0.15) is 13.2 Å². The van der Waals surface area contributed by atoms with E-state index in [1.807, 2.05) is 0 Å². The van der Waals surface area contributed by atoms with E-state index in [-0.39, 0.29) is 16.7 Å². The number of aromatic nitrogens is 1. The third-order valence-electron chi connectivity index (χ3n) is 8.29. The zero-order valence-electron chi connectivity index (χ0n) is 23.7. The minimum absolute atomic E-state index is 0.199. The Bertz CT molecular complexity index is 1550. The Hall–Kier alpha value is -3.57. The van der Waals surface area contributed by atoms with Crippen molar-refractivity contribution in [2.75, 3.05) is 33.7 Å². The molecule has 5 rings (SSSR count). The third kappa shape index (κ3) is 5.85. The second kappa shape index (κ2) is 12.0. The second-order valence-electron chi connectivity index (χ2n) is 11.2. The molecule has 1 aliphatic heterocycles. The van der Waals surface area contributed by atoms with Gasteiger partial charge in [0.2, 0.25) is 5.60 Å². The number of benzene rings is 3. The molecule has 222 valence electrons. The maximum absolute atomic E-state index is 14.9. The van der Waals surface area contributed by atoms with Gasteiger partial charge in [-0.1, -0.05) is 18.2 Å². The van der Waals surface area contributed by atoms with E-state index in [0.29, 0.717) is 34.9 Å². The van der Waals surface area contributed by atoms with Crippen LogP contribution in [0.2, 0.25) is 0 Å². The number of likely N-dealkylation sites (N-methyl/N-ethyl adjacent to an activating group) is 1. The van der Waals surface area contributed by atoms with E-state index in [0.717, 1.165) is 38.7 Å². The number of fused-ring (bicyclic) bond motifs is 1. The Morgan fingerprint density at radius 1 is 1.05 bits per heavy atom. The molecule has 6 nitrogen and oxygen atoms in total. The molecule has 1 fully saturated rings. The van der Waals surface area contributed by atoms with Crippen LogP contribution in [-0.2, 0) is 12.1 Å². The number of aliphatic hydroxyl groups is 1. The van der Waals surface area contributed by atoms with Crippen LogP contribution in [0.15, 0.2) is 72.9 Å². The van der Waals surface area contributed by atoms with Crippen molar-refractivity contribution in [3.63, 3.8) is 0 Å². The highest BCUT2D eigenvalue weighted by Gasteiger charge is 2.57. The van der Waals surface area contributed by atoms with Crippen LogP contribution in [0.5, 0.6) is 0 Å². The Morgan fingerprint density at radius 2 is 1.79 bits per heavy atom. The third-order valence-corrected chi connectivity index (χ3v) is 8.29. The summed E-state index contributed by atoms with van der Waals surface area (Å²) < 4.78 is 59.9. The van der Waals surface area contributed by atoms with Gasteiger partial charge in [-0.3, -0.25) is 5.32 Å². The molecule has 2 atom stereocenters. The van der Waals surface area contributed by atoms with E-state index in [4.69, 9.17) is 5.41 Å². The predicted octanol–water partition coefficient (Wildman–Crippen LogP) is 5.13. The molecule has 0 amide bonds. The van der Waals surface area contributed by atoms with Gasteiger partial charge in [0.15, 0.2) is 0 Å². The van der Waals surface area contributed by atoms with E-state index < -0.39 is 17.6 Å². The predicted molar refractivity (Wildman–Crippen MR) is 156 cm³/mol. The number of hydrogen-bond acceptors (Lipinski definition) is 4. The van der Waals surface area contributed by atoms with Crippen LogP contribution in [0.4, 0.5) is 28.9 Å². The van der Waals surface area contributed by atoms with Gasteiger partial charge in [-0.25, -0.2) is 4.39 Å². The molecule has 0 bridgehead atoms. The zero-order valence-corrected chi connectivity index (χ0v) is 23.7. The quantitative estimate of drug-likeness (QED) is 0.138. The molecule has 42 heavy (non-hydrogen) atoms. The minimum atomic E-state index is -5.04. The summed E-state index contributed by atoms with van der Waals surface area (Å²) in [6, 6.07) is 16.9. The molecule has 0 radical (unpaired) electrons. The lowest BCUT2D eigenvalue weighted by Gasteiger charge is -2.31. The van der Waals surface area contributed by atoms with Gasteiger partial charge in [0.05, 0.1) is 5.56 Å². The molecule has 0 saturated carbocycles. The maximum Gasteiger partial charge on any atom is 0.425 e. The topological polar surface area (TPSA) is 72.1 Å². The molecule has 10 heteroatoms. The Kier molecular flexibility index (Phi) is 8.52. The largest absolute Gasteiger partial charge is 0.425 e.